The maximum atomic E-state index is 5.28. The summed E-state index contributed by atoms with van der Waals surface area (Å²) >= 11 is 0. The maximum absolute atomic E-state index is 5.28. The van der Waals surface area contributed by atoms with E-state index >= 15 is 0 Å². The van der Waals surface area contributed by atoms with Gasteiger partial charge in [0.15, 0.2) is 5.82 Å². The van der Waals surface area contributed by atoms with Crippen LogP contribution in [0.2, 0.25) is 0 Å². The molecule has 0 aromatic carbocycles. The van der Waals surface area contributed by atoms with Crippen molar-refractivity contribution in [3.05, 3.63) is 11.7 Å². The molecule has 1 fully saturated rings. The molecule has 1 N–H and O–H groups in total. The van der Waals surface area contributed by atoms with Gasteiger partial charge in [-0.25, -0.2) is 0 Å². The Morgan fingerprint density at radius 1 is 1.47 bits per heavy atom. The van der Waals surface area contributed by atoms with E-state index in [9.17, 15) is 0 Å². The van der Waals surface area contributed by atoms with Crippen LogP contribution < -0.4 is 5.32 Å². The molecule has 2 rings (SSSR count). The number of aromatic nitrogens is 2. The van der Waals surface area contributed by atoms with E-state index in [2.05, 4.69) is 43.2 Å². The van der Waals surface area contributed by atoms with Crippen molar-refractivity contribution < 1.29 is 4.52 Å². The number of hydrogen-bond donors (Lipinski definition) is 1. The molecule has 0 radical (unpaired) electrons. The van der Waals surface area contributed by atoms with Gasteiger partial charge in [0.05, 0.1) is 0 Å². The molecule has 1 atom stereocenters. The predicted octanol–water partition coefficient (Wildman–Crippen LogP) is 2.51. The number of hydrogen-bond acceptors (Lipinski definition) is 4. The van der Waals surface area contributed by atoms with Crippen molar-refractivity contribution in [3.63, 3.8) is 0 Å². The molecule has 0 bridgehead atoms. The van der Waals surface area contributed by atoms with E-state index in [0.29, 0.717) is 17.4 Å². The van der Waals surface area contributed by atoms with Crippen molar-refractivity contribution in [2.45, 2.75) is 58.9 Å². The van der Waals surface area contributed by atoms with Crippen molar-refractivity contribution in [1.29, 1.82) is 0 Å². The third kappa shape index (κ3) is 3.28. The molecule has 1 heterocycles. The zero-order valence-electron chi connectivity index (χ0n) is 11.3. The molecule has 1 unspecified atom stereocenters. The van der Waals surface area contributed by atoms with Crippen molar-refractivity contribution in [2.75, 3.05) is 6.54 Å². The summed E-state index contributed by atoms with van der Waals surface area (Å²) in [5.41, 5.74) is 0.375. The van der Waals surface area contributed by atoms with E-state index < -0.39 is 0 Å². The molecule has 1 aliphatic rings. The molecule has 1 aromatic rings. The second-order valence-electron chi connectivity index (χ2n) is 6.00. The first-order valence-corrected chi connectivity index (χ1v) is 6.55. The smallest absolute Gasteiger partial charge is 0.226 e. The van der Waals surface area contributed by atoms with Gasteiger partial charge in [-0.3, -0.25) is 0 Å². The van der Waals surface area contributed by atoms with Gasteiger partial charge in [-0.15, -0.1) is 0 Å². The average Bonchev–Trinajstić information content (AvgIpc) is 2.71. The molecule has 17 heavy (non-hydrogen) atoms. The number of aryl methyl sites for hydroxylation is 1. The highest BCUT2D eigenvalue weighted by molar-refractivity contribution is 5.14. The minimum atomic E-state index is 0.375. The molecule has 4 heteroatoms. The molecule has 4 nitrogen and oxygen atoms in total. The summed E-state index contributed by atoms with van der Waals surface area (Å²) < 4.78 is 5.28. The molecular formula is C13H23N3O. The van der Waals surface area contributed by atoms with Crippen LogP contribution in [-0.2, 0) is 6.42 Å². The van der Waals surface area contributed by atoms with Crippen LogP contribution in [0.3, 0.4) is 0 Å². The summed E-state index contributed by atoms with van der Waals surface area (Å²) in [7, 11) is 0. The molecule has 0 aliphatic heterocycles. The molecule has 1 aliphatic carbocycles. The number of nitrogens with zero attached hydrogens (tertiary/aromatic N) is 2. The zero-order valence-corrected chi connectivity index (χ0v) is 11.3. The van der Waals surface area contributed by atoms with Gasteiger partial charge in [0.2, 0.25) is 5.89 Å². The highest BCUT2D eigenvalue weighted by Crippen LogP contribution is 2.57. The van der Waals surface area contributed by atoms with Gasteiger partial charge in [0.1, 0.15) is 0 Å². The molecule has 0 saturated heterocycles. The van der Waals surface area contributed by atoms with Crippen LogP contribution >= 0.6 is 0 Å². The van der Waals surface area contributed by atoms with Gasteiger partial charge in [-0.2, -0.15) is 4.98 Å². The van der Waals surface area contributed by atoms with Crippen molar-refractivity contribution >= 4 is 0 Å². The topological polar surface area (TPSA) is 51.0 Å². The fourth-order valence-electron chi connectivity index (χ4n) is 2.05. The largest absolute Gasteiger partial charge is 0.339 e. The van der Waals surface area contributed by atoms with E-state index in [0.717, 1.165) is 31.1 Å². The first-order valence-electron chi connectivity index (χ1n) is 6.55. The van der Waals surface area contributed by atoms with Crippen molar-refractivity contribution in [1.82, 2.24) is 15.5 Å². The summed E-state index contributed by atoms with van der Waals surface area (Å²) in [5.74, 6) is 2.20. The Morgan fingerprint density at radius 2 is 2.18 bits per heavy atom. The van der Waals surface area contributed by atoms with Crippen molar-refractivity contribution in [3.8, 4) is 0 Å². The summed E-state index contributed by atoms with van der Waals surface area (Å²) in [6.45, 7) is 9.81. The molecule has 96 valence electrons. The van der Waals surface area contributed by atoms with E-state index in [1.807, 2.05) is 0 Å². The maximum Gasteiger partial charge on any atom is 0.226 e. The first kappa shape index (κ1) is 12.6. The summed E-state index contributed by atoms with van der Waals surface area (Å²) in [6.07, 6.45) is 3.11. The van der Waals surface area contributed by atoms with E-state index in [-0.39, 0.29) is 0 Å². The normalized spacial score (nSPS) is 22.1. The lowest BCUT2D eigenvalue weighted by Crippen LogP contribution is -2.23. The Hall–Kier alpha value is -0.900. The molecule has 0 amide bonds. The Kier molecular flexibility index (Phi) is 3.52. The average molecular weight is 237 g/mol. The lowest BCUT2D eigenvalue weighted by molar-refractivity contribution is 0.367. The van der Waals surface area contributed by atoms with Crippen LogP contribution in [0, 0.1) is 5.41 Å². The van der Waals surface area contributed by atoms with Gasteiger partial charge >= 0.3 is 0 Å². The predicted molar refractivity (Wildman–Crippen MR) is 66.9 cm³/mol. The Balaban J connectivity index is 1.75. The molecule has 1 aromatic heterocycles. The minimum Gasteiger partial charge on any atom is -0.339 e. The quantitative estimate of drug-likeness (QED) is 0.772. The highest BCUT2D eigenvalue weighted by Gasteiger charge is 2.49. The van der Waals surface area contributed by atoms with E-state index in [1.54, 1.807) is 0 Å². The standard InChI is InChI=1S/C13H23N3O/c1-9(2)14-7-5-6-11-15-12(16-17-11)10-8-13(10,3)4/h9-10,14H,5-8H2,1-4H3. The number of rotatable bonds is 6. The van der Waals surface area contributed by atoms with E-state index in [4.69, 9.17) is 4.52 Å². The summed E-state index contributed by atoms with van der Waals surface area (Å²) in [5, 5.41) is 7.46. The van der Waals surface area contributed by atoms with Crippen LogP contribution in [-0.4, -0.2) is 22.7 Å². The minimum absolute atomic E-state index is 0.375. The fraction of sp³-hybridized carbons (Fsp3) is 0.846. The van der Waals surface area contributed by atoms with E-state index in [1.165, 1.54) is 6.42 Å². The van der Waals surface area contributed by atoms with Gasteiger partial charge in [0, 0.05) is 18.4 Å². The monoisotopic (exact) mass is 237 g/mol. The first-order chi connectivity index (χ1) is 7.99. The fourth-order valence-corrected chi connectivity index (χ4v) is 2.05. The lowest BCUT2D eigenvalue weighted by atomic mass is 10.1. The van der Waals surface area contributed by atoms with Crippen molar-refractivity contribution in [2.24, 2.45) is 5.41 Å². The zero-order chi connectivity index (χ0) is 12.5. The summed E-state index contributed by atoms with van der Waals surface area (Å²) in [4.78, 5) is 4.48. The van der Waals surface area contributed by atoms with Gasteiger partial charge in [0.25, 0.3) is 0 Å². The van der Waals surface area contributed by atoms with Crippen LogP contribution in [0.1, 0.15) is 58.2 Å². The van der Waals surface area contributed by atoms with Gasteiger partial charge < -0.3 is 9.84 Å². The Bertz CT molecular complexity index is 370. The Labute approximate surface area is 103 Å². The van der Waals surface area contributed by atoms with Gasteiger partial charge in [-0.1, -0.05) is 32.9 Å². The number of nitrogens with one attached hydrogen (secondary N) is 1. The summed E-state index contributed by atoms with van der Waals surface area (Å²) in [6, 6.07) is 0.542. The van der Waals surface area contributed by atoms with Crippen LogP contribution in [0.15, 0.2) is 4.52 Å². The molecular weight excluding hydrogens is 214 g/mol. The lowest BCUT2D eigenvalue weighted by Gasteiger charge is -2.05. The van der Waals surface area contributed by atoms with Crippen LogP contribution in [0.5, 0.6) is 0 Å². The third-order valence-corrected chi connectivity index (χ3v) is 3.43. The molecule has 0 spiro atoms. The molecule has 1 saturated carbocycles. The highest BCUT2D eigenvalue weighted by atomic mass is 16.5. The van der Waals surface area contributed by atoms with Gasteiger partial charge in [-0.05, 0) is 24.8 Å². The third-order valence-electron chi connectivity index (χ3n) is 3.43. The van der Waals surface area contributed by atoms with Crippen LogP contribution in [0.4, 0.5) is 0 Å². The second-order valence-corrected chi connectivity index (χ2v) is 6.00. The van der Waals surface area contributed by atoms with Crippen LogP contribution in [0.25, 0.3) is 0 Å². The SMILES string of the molecule is CC(C)NCCCc1nc(C2CC2(C)C)no1. The Morgan fingerprint density at radius 3 is 2.76 bits per heavy atom. The second kappa shape index (κ2) is 4.77.